The Balaban J connectivity index is 0.00000147. The van der Waals surface area contributed by atoms with E-state index in [0.29, 0.717) is 0 Å². The van der Waals surface area contributed by atoms with Gasteiger partial charge in [-0.05, 0) is 35.7 Å². The number of nitrogens with one attached hydrogen (secondary N) is 1. The summed E-state index contributed by atoms with van der Waals surface area (Å²) in [5.41, 5.74) is 5.43. The van der Waals surface area contributed by atoms with Crippen LogP contribution in [0.4, 0.5) is 0 Å². The summed E-state index contributed by atoms with van der Waals surface area (Å²) >= 11 is 0. The summed E-state index contributed by atoms with van der Waals surface area (Å²) in [4.78, 5) is 0. The molecule has 2 aromatic rings. The molecule has 0 fully saturated rings. The molecular weight excluding hydrogens is 270 g/mol. The predicted molar refractivity (Wildman–Crippen MR) is 85.4 cm³/mol. The molecule has 2 nitrogen and oxygen atoms in total. The highest BCUT2D eigenvalue weighted by atomic mass is 35.5. The molecule has 0 saturated heterocycles. The van der Waals surface area contributed by atoms with Gasteiger partial charge >= 0.3 is 0 Å². The van der Waals surface area contributed by atoms with Crippen LogP contribution in [0.2, 0.25) is 0 Å². The van der Waals surface area contributed by atoms with Gasteiger partial charge in [0, 0.05) is 6.54 Å². The standard InChI is InChI=1S/C17H19NO.ClH/c1-18-12-17-16-9-5-8-14(15(16)10-11-19-17)13-6-3-2-4-7-13;/h2-9,17-18H,10-12H2,1H3;1H. The number of benzene rings is 2. The molecular formula is C17H20ClNO. The minimum atomic E-state index is 0. The number of fused-ring (bicyclic) bond motifs is 1. The van der Waals surface area contributed by atoms with Crippen molar-refractivity contribution in [2.45, 2.75) is 12.5 Å². The van der Waals surface area contributed by atoms with Gasteiger partial charge in [-0.1, -0.05) is 48.5 Å². The first kappa shape index (κ1) is 15.0. The van der Waals surface area contributed by atoms with Crippen LogP contribution < -0.4 is 5.32 Å². The second-order valence-corrected chi connectivity index (χ2v) is 4.91. The van der Waals surface area contributed by atoms with Crippen molar-refractivity contribution >= 4 is 12.4 Å². The van der Waals surface area contributed by atoms with E-state index in [1.54, 1.807) is 0 Å². The summed E-state index contributed by atoms with van der Waals surface area (Å²) in [6, 6.07) is 17.2. The summed E-state index contributed by atoms with van der Waals surface area (Å²) in [7, 11) is 1.97. The minimum absolute atomic E-state index is 0. The lowest BCUT2D eigenvalue weighted by atomic mass is 9.89. The Morgan fingerprint density at radius 3 is 2.65 bits per heavy atom. The van der Waals surface area contributed by atoms with E-state index >= 15 is 0 Å². The first-order chi connectivity index (χ1) is 9.40. The van der Waals surface area contributed by atoms with Crippen molar-refractivity contribution in [3.63, 3.8) is 0 Å². The molecule has 106 valence electrons. The molecule has 1 aliphatic rings. The van der Waals surface area contributed by atoms with Crippen LogP contribution in [0.3, 0.4) is 0 Å². The van der Waals surface area contributed by atoms with Gasteiger partial charge in [0.05, 0.1) is 12.7 Å². The Morgan fingerprint density at radius 1 is 1.10 bits per heavy atom. The van der Waals surface area contributed by atoms with E-state index in [1.165, 1.54) is 22.3 Å². The van der Waals surface area contributed by atoms with Crippen LogP contribution >= 0.6 is 12.4 Å². The first-order valence-electron chi connectivity index (χ1n) is 6.83. The average molecular weight is 290 g/mol. The molecule has 0 aromatic heterocycles. The molecule has 20 heavy (non-hydrogen) atoms. The van der Waals surface area contributed by atoms with Crippen LogP contribution in [-0.2, 0) is 11.2 Å². The number of hydrogen-bond donors (Lipinski definition) is 1. The van der Waals surface area contributed by atoms with Crippen molar-refractivity contribution in [3.05, 3.63) is 59.7 Å². The fraction of sp³-hybridized carbons (Fsp3) is 0.294. The smallest absolute Gasteiger partial charge is 0.0952 e. The lowest BCUT2D eigenvalue weighted by Crippen LogP contribution is -2.25. The topological polar surface area (TPSA) is 21.3 Å². The van der Waals surface area contributed by atoms with Gasteiger partial charge in [0.1, 0.15) is 0 Å². The molecule has 3 rings (SSSR count). The molecule has 2 aromatic carbocycles. The summed E-state index contributed by atoms with van der Waals surface area (Å²) in [6.07, 6.45) is 1.18. The highest BCUT2D eigenvalue weighted by Gasteiger charge is 2.22. The number of ether oxygens (including phenoxy) is 1. The average Bonchev–Trinajstić information content (AvgIpc) is 2.48. The summed E-state index contributed by atoms with van der Waals surface area (Å²) < 4.78 is 5.87. The molecule has 0 radical (unpaired) electrons. The van der Waals surface area contributed by atoms with E-state index in [1.807, 2.05) is 7.05 Å². The molecule has 1 unspecified atom stereocenters. The quantitative estimate of drug-likeness (QED) is 0.932. The lowest BCUT2D eigenvalue weighted by Gasteiger charge is -2.28. The maximum atomic E-state index is 5.87. The lowest BCUT2D eigenvalue weighted by molar-refractivity contribution is 0.0440. The zero-order valence-electron chi connectivity index (χ0n) is 11.6. The second-order valence-electron chi connectivity index (χ2n) is 4.91. The van der Waals surface area contributed by atoms with E-state index in [-0.39, 0.29) is 18.5 Å². The van der Waals surface area contributed by atoms with Gasteiger partial charge < -0.3 is 10.1 Å². The van der Waals surface area contributed by atoms with Gasteiger partial charge in [-0.25, -0.2) is 0 Å². The molecule has 0 amide bonds. The molecule has 0 saturated carbocycles. The summed E-state index contributed by atoms with van der Waals surface area (Å²) in [6.45, 7) is 1.68. The van der Waals surface area contributed by atoms with Gasteiger partial charge in [0.2, 0.25) is 0 Å². The number of likely N-dealkylation sites (N-methyl/N-ethyl adjacent to an activating group) is 1. The highest BCUT2D eigenvalue weighted by Crippen LogP contribution is 2.34. The summed E-state index contributed by atoms with van der Waals surface area (Å²) in [5.74, 6) is 0. The maximum Gasteiger partial charge on any atom is 0.0952 e. The largest absolute Gasteiger partial charge is 0.372 e. The van der Waals surface area contributed by atoms with Crippen LogP contribution in [-0.4, -0.2) is 20.2 Å². The minimum Gasteiger partial charge on any atom is -0.372 e. The number of halogens is 1. The van der Waals surface area contributed by atoms with Gasteiger partial charge in [0.25, 0.3) is 0 Å². The third-order valence-corrected chi connectivity index (χ3v) is 3.70. The third-order valence-electron chi connectivity index (χ3n) is 3.70. The van der Waals surface area contributed by atoms with E-state index in [4.69, 9.17) is 4.74 Å². The Morgan fingerprint density at radius 2 is 1.90 bits per heavy atom. The van der Waals surface area contributed by atoms with Crippen LogP contribution in [0.25, 0.3) is 11.1 Å². The van der Waals surface area contributed by atoms with Gasteiger partial charge in [-0.2, -0.15) is 0 Å². The fourth-order valence-corrected chi connectivity index (χ4v) is 2.82. The van der Waals surface area contributed by atoms with E-state index in [2.05, 4.69) is 53.8 Å². The molecule has 1 heterocycles. The SMILES string of the molecule is CNCC1OCCc2c(-c3ccccc3)cccc21.Cl. The number of hydrogen-bond acceptors (Lipinski definition) is 2. The molecule has 0 aliphatic carbocycles. The zero-order chi connectivity index (χ0) is 13.1. The molecule has 3 heteroatoms. The van der Waals surface area contributed by atoms with Crippen LogP contribution in [0.15, 0.2) is 48.5 Å². The van der Waals surface area contributed by atoms with Crippen molar-refractivity contribution in [2.24, 2.45) is 0 Å². The van der Waals surface area contributed by atoms with E-state index in [0.717, 1.165) is 19.6 Å². The fourth-order valence-electron chi connectivity index (χ4n) is 2.82. The molecule has 0 bridgehead atoms. The molecule has 0 spiro atoms. The van der Waals surface area contributed by atoms with Crippen LogP contribution in [0.5, 0.6) is 0 Å². The molecule has 1 atom stereocenters. The predicted octanol–water partition coefficient (Wildman–Crippen LogP) is 3.61. The van der Waals surface area contributed by atoms with Gasteiger partial charge in [-0.3, -0.25) is 0 Å². The van der Waals surface area contributed by atoms with Crippen molar-refractivity contribution in [2.75, 3.05) is 20.2 Å². The Bertz CT molecular complexity index is 556. The Labute approximate surface area is 126 Å². The molecule has 1 aliphatic heterocycles. The van der Waals surface area contributed by atoms with E-state index < -0.39 is 0 Å². The highest BCUT2D eigenvalue weighted by molar-refractivity contribution is 5.85. The van der Waals surface area contributed by atoms with Crippen LogP contribution in [0, 0.1) is 0 Å². The van der Waals surface area contributed by atoms with Crippen molar-refractivity contribution in [1.82, 2.24) is 5.32 Å². The Kier molecular flexibility index (Phi) is 5.18. The monoisotopic (exact) mass is 289 g/mol. The van der Waals surface area contributed by atoms with Crippen molar-refractivity contribution in [1.29, 1.82) is 0 Å². The molecule has 1 N–H and O–H groups in total. The first-order valence-corrected chi connectivity index (χ1v) is 6.83. The van der Waals surface area contributed by atoms with E-state index in [9.17, 15) is 0 Å². The Hall–Kier alpha value is -1.35. The van der Waals surface area contributed by atoms with Gasteiger partial charge in [-0.15, -0.1) is 12.4 Å². The third kappa shape index (κ3) is 2.88. The van der Waals surface area contributed by atoms with Crippen LogP contribution in [0.1, 0.15) is 17.2 Å². The van der Waals surface area contributed by atoms with Crippen molar-refractivity contribution in [3.8, 4) is 11.1 Å². The number of rotatable bonds is 3. The normalized spacial score (nSPS) is 17.1. The second kappa shape index (κ2) is 6.89. The van der Waals surface area contributed by atoms with Crippen molar-refractivity contribution < 1.29 is 4.74 Å². The maximum absolute atomic E-state index is 5.87. The van der Waals surface area contributed by atoms with Gasteiger partial charge in [0.15, 0.2) is 0 Å². The zero-order valence-corrected chi connectivity index (χ0v) is 12.5. The summed E-state index contributed by atoms with van der Waals surface area (Å²) in [5, 5.41) is 3.21.